The van der Waals surface area contributed by atoms with E-state index in [9.17, 15) is 12.1 Å². The van der Waals surface area contributed by atoms with Gasteiger partial charge in [0.25, 0.3) is 0 Å². The fourth-order valence-electron chi connectivity index (χ4n) is 8.45. The zero-order valence-corrected chi connectivity index (χ0v) is 39.6. The largest absolute Gasteiger partial charge is 3.00 e. The molecule has 322 valence electrons. The molecule has 0 atom stereocenters. The fourth-order valence-corrected chi connectivity index (χ4v) is 8.45. The molecule has 0 aliphatic rings. The van der Waals surface area contributed by atoms with E-state index in [1.54, 1.807) is 50.2 Å². The summed E-state index contributed by atoms with van der Waals surface area (Å²) in [5, 5.41) is 10.9. The molecular weight excluding hydrogens is 973 g/mol. The van der Waals surface area contributed by atoms with Gasteiger partial charge in [-0.05, 0) is 110 Å². The number of furan rings is 1. The summed E-state index contributed by atoms with van der Waals surface area (Å²) in [6.45, 7) is 11.8. The van der Waals surface area contributed by atoms with Crippen LogP contribution in [0.3, 0.4) is 0 Å². The van der Waals surface area contributed by atoms with E-state index < -0.39 is 29.5 Å². The molecule has 0 radical (unpaired) electrons. The molecule has 5 nitrogen and oxygen atoms in total. The van der Waals surface area contributed by atoms with Crippen molar-refractivity contribution >= 4 is 21.9 Å². The van der Waals surface area contributed by atoms with E-state index in [1.165, 1.54) is 6.20 Å². The first kappa shape index (κ1) is 37.8. The van der Waals surface area contributed by atoms with Gasteiger partial charge in [0.15, 0.2) is 0 Å². The number of aromatic nitrogens is 3. The van der Waals surface area contributed by atoms with E-state index in [0.717, 1.165) is 44.8 Å². The Morgan fingerprint density at radius 1 is 0.677 bits per heavy atom. The van der Waals surface area contributed by atoms with Gasteiger partial charge >= 0.3 is 20.1 Å². The number of hydrogen-bond acceptors (Lipinski definition) is 5. The first-order valence-electron chi connectivity index (χ1n) is 24.5. The predicted octanol–water partition coefficient (Wildman–Crippen LogP) is 14.0. The van der Waals surface area contributed by atoms with Crippen LogP contribution in [-0.4, -0.2) is 15.0 Å². The quantitative estimate of drug-likeness (QED) is 0.108. The molecule has 0 N–H and O–H groups in total. The van der Waals surface area contributed by atoms with Crippen LogP contribution >= 0.6 is 0 Å². The van der Waals surface area contributed by atoms with Crippen molar-refractivity contribution in [3.63, 3.8) is 0 Å². The monoisotopic (exact) mass is 1030 g/mol. The Morgan fingerprint density at radius 2 is 1.28 bits per heavy atom. The maximum Gasteiger partial charge on any atom is 3.00 e. The van der Waals surface area contributed by atoms with Crippen LogP contribution in [0.25, 0.3) is 55.7 Å². The van der Waals surface area contributed by atoms with Gasteiger partial charge in [0, 0.05) is 30.8 Å². The maximum absolute atomic E-state index is 9.86. The van der Waals surface area contributed by atoms with Crippen LogP contribution in [0.15, 0.2) is 150 Å². The molecule has 5 aromatic carbocycles. The van der Waals surface area contributed by atoms with Crippen molar-refractivity contribution in [2.24, 2.45) is 0 Å². The van der Waals surface area contributed by atoms with E-state index >= 15 is 0 Å². The van der Waals surface area contributed by atoms with Crippen molar-refractivity contribution in [2.45, 2.75) is 83.9 Å². The Hall–Kier alpha value is -6.51. The van der Waals surface area contributed by atoms with E-state index in [2.05, 4.69) is 64.1 Å². The molecule has 0 aliphatic carbocycles. The van der Waals surface area contributed by atoms with Crippen molar-refractivity contribution in [2.75, 3.05) is 0 Å². The second kappa shape index (κ2) is 18.9. The first-order chi connectivity index (χ1) is 33.2. The number of hydrogen-bond donors (Lipinski definition) is 0. The molecule has 4 aromatic heterocycles. The molecule has 0 spiro atoms. The number of fused-ring (bicyclic) bond motifs is 3. The molecule has 0 amide bonds. The van der Waals surface area contributed by atoms with Crippen LogP contribution in [0, 0.1) is 29.5 Å². The number of nitrogens with zero attached hydrogens (tertiary/aromatic N) is 4. The van der Waals surface area contributed by atoms with Crippen molar-refractivity contribution in [1.82, 2.24) is 15.0 Å². The average molecular weight is 1030 g/mol. The second-order valence-corrected chi connectivity index (χ2v) is 17.9. The summed E-state index contributed by atoms with van der Waals surface area (Å²) >= 11 is 0. The van der Waals surface area contributed by atoms with Gasteiger partial charge in [-0.3, -0.25) is 0 Å². The summed E-state index contributed by atoms with van der Waals surface area (Å²) in [5.41, 5.74) is 8.10. The zero-order chi connectivity index (χ0) is 49.8. The van der Waals surface area contributed by atoms with Gasteiger partial charge in [-0.25, -0.2) is 0 Å². The Bertz CT molecular complexity index is 3320. The number of aryl methyl sites for hydroxylation is 2. The molecule has 0 saturated heterocycles. The van der Waals surface area contributed by atoms with Crippen LogP contribution in [0.2, 0.25) is 0 Å². The maximum atomic E-state index is 9.86. The minimum Gasteiger partial charge on any atom is -0.501 e. The van der Waals surface area contributed by atoms with Crippen molar-refractivity contribution in [1.29, 1.82) is 5.26 Å². The zero-order valence-electron chi connectivity index (χ0n) is 43.2. The van der Waals surface area contributed by atoms with E-state index in [-0.39, 0.29) is 54.0 Å². The molecule has 0 unspecified atom stereocenters. The molecular formula is C59H51IrN4O. The van der Waals surface area contributed by atoms with Crippen LogP contribution in [0.5, 0.6) is 0 Å². The normalized spacial score (nSPS) is 13.7. The molecule has 4 heterocycles. The number of nitriles is 1. The van der Waals surface area contributed by atoms with Crippen molar-refractivity contribution in [3.8, 4) is 39.8 Å². The third kappa shape index (κ3) is 9.79. The molecule has 0 saturated carbocycles. The smallest absolute Gasteiger partial charge is 0.501 e. The minimum atomic E-state index is -2.70. The van der Waals surface area contributed by atoms with Gasteiger partial charge in [0.05, 0.1) is 18.6 Å². The predicted molar refractivity (Wildman–Crippen MR) is 259 cm³/mol. The topological polar surface area (TPSA) is 75.6 Å². The third-order valence-electron chi connectivity index (χ3n) is 11.9. The summed E-state index contributed by atoms with van der Waals surface area (Å²) in [4.78, 5) is 14.3. The van der Waals surface area contributed by atoms with Crippen LogP contribution in [-0.2, 0) is 56.5 Å². The molecule has 0 aliphatic heterocycles. The molecule has 0 fully saturated rings. The molecule has 6 heteroatoms. The van der Waals surface area contributed by atoms with Crippen LogP contribution in [0.4, 0.5) is 0 Å². The SMILES string of the molecule is [2H]c1c(C#N)ccc2c1oc1c(-c3cc(C([2H])(C)C)c(C([2H])([2H])C([2H])([2H])c4cc(CC(C)(C)c5ccc(-c6[c-]cccc6)nc5)cc(CC(C)(C)c5ccc(-c6[c-]cccc6)nc5)c4)cn3)[c-]ccc12.[Ir+3]. The molecule has 9 aromatic rings. The van der Waals surface area contributed by atoms with Gasteiger partial charge in [0.1, 0.15) is 5.58 Å². The van der Waals surface area contributed by atoms with E-state index in [4.69, 9.17) is 20.7 Å². The Labute approximate surface area is 405 Å². The third-order valence-corrected chi connectivity index (χ3v) is 11.9. The van der Waals surface area contributed by atoms with Crippen LogP contribution < -0.4 is 0 Å². The summed E-state index contributed by atoms with van der Waals surface area (Å²) in [7, 11) is 0. The van der Waals surface area contributed by atoms with Crippen LogP contribution in [0.1, 0.15) is 100 Å². The summed E-state index contributed by atoms with van der Waals surface area (Å²) in [6.07, 6.45) is 0.780. The van der Waals surface area contributed by atoms with Crippen molar-refractivity contribution in [3.05, 3.63) is 209 Å². The first-order valence-corrected chi connectivity index (χ1v) is 21.5. The standard InChI is InChI=1S/C59H51N4O.Ir/c1-39(2)52-32-55(51-19-13-18-50-49-25-21-41(35-60)31-56(49)64-57(50)51)61-36-46(52)22-20-40-28-42(33-58(3,4)47-23-26-53(62-37-47)44-14-9-7-10-15-44)30-43(29-40)34-59(5,6)48-24-27-54(63-38-48)45-16-11-8-12-17-45;/h7-14,16,18,21,23-32,36-39H,20,22,33-34H2,1-6H3;/q-3;+3/i20D2,22D2,31D,39D;. The minimum absolute atomic E-state index is 0. The average Bonchev–Trinajstić information content (AvgIpc) is 3.74. The van der Waals surface area contributed by atoms with Gasteiger partial charge in [-0.1, -0.05) is 107 Å². The van der Waals surface area contributed by atoms with E-state index in [0.29, 0.717) is 40.5 Å². The number of rotatable bonds is 13. The van der Waals surface area contributed by atoms with Crippen molar-refractivity contribution < 1.29 is 32.7 Å². The second-order valence-electron chi connectivity index (χ2n) is 17.9. The van der Waals surface area contributed by atoms with E-state index in [1.807, 2.05) is 85.2 Å². The van der Waals surface area contributed by atoms with Gasteiger partial charge in [0.2, 0.25) is 0 Å². The number of benzene rings is 5. The Balaban J connectivity index is 0.00000676. The van der Waals surface area contributed by atoms with Gasteiger partial charge < -0.3 is 19.4 Å². The molecule has 65 heavy (non-hydrogen) atoms. The Morgan fingerprint density at radius 3 is 1.82 bits per heavy atom. The molecule has 0 bridgehead atoms. The number of pyridine rings is 3. The Kier molecular flexibility index (Phi) is 11.0. The summed E-state index contributed by atoms with van der Waals surface area (Å²) in [6, 6.07) is 49.4. The summed E-state index contributed by atoms with van der Waals surface area (Å²) < 4.78 is 63.5. The van der Waals surface area contributed by atoms with Gasteiger partial charge in [-0.15, -0.1) is 90.0 Å². The van der Waals surface area contributed by atoms with Gasteiger partial charge in [-0.2, -0.15) is 5.26 Å². The fraction of sp³-hybridized carbons (Fsp3) is 0.220. The molecule has 9 rings (SSSR count). The summed E-state index contributed by atoms with van der Waals surface area (Å²) in [5.74, 6) is -1.40.